The van der Waals surface area contributed by atoms with Crippen molar-refractivity contribution >= 4 is 11.6 Å². The summed E-state index contributed by atoms with van der Waals surface area (Å²) < 4.78 is 5.36. The molecule has 0 N–H and O–H groups in total. The van der Waals surface area contributed by atoms with Crippen LogP contribution in [0.3, 0.4) is 0 Å². The Morgan fingerprint density at radius 1 is 1.15 bits per heavy atom. The van der Waals surface area contributed by atoms with E-state index >= 15 is 0 Å². The number of hydrogen-bond donors (Lipinski definition) is 0. The van der Waals surface area contributed by atoms with Gasteiger partial charge in [-0.25, -0.2) is 0 Å². The van der Waals surface area contributed by atoms with Crippen molar-refractivity contribution in [3.63, 3.8) is 0 Å². The standard InChI is InChI=1S/C23H26N2O2/c1-16-7-9-17(10-8-16)21-13-18-15-24(19-5-3-6-20(14-19)27-2)22(26)23(18)11-4-12-25(21)23/h3,5-10,14,18,21H,4,11-13,15H2,1-2H3/t18-,21-,23-/m0/s1. The maximum Gasteiger partial charge on any atom is 0.247 e. The molecule has 3 fully saturated rings. The second-order valence-corrected chi connectivity index (χ2v) is 8.20. The van der Waals surface area contributed by atoms with E-state index in [0.29, 0.717) is 12.0 Å². The van der Waals surface area contributed by atoms with Crippen LogP contribution in [0.5, 0.6) is 5.75 Å². The third-order valence-corrected chi connectivity index (χ3v) is 6.87. The van der Waals surface area contributed by atoms with Crippen molar-refractivity contribution in [1.29, 1.82) is 0 Å². The van der Waals surface area contributed by atoms with Gasteiger partial charge in [0.2, 0.25) is 5.91 Å². The minimum Gasteiger partial charge on any atom is -0.497 e. The molecular formula is C23H26N2O2. The van der Waals surface area contributed by atoms with Crippen LogP contribution >= 0.6 is 0 Å². The van der Waals surface area contributed by atoms with Crippen LogP contribution in [0, 0.1) is 12.8 Å². The molecular weight excluding hydrogens is 336 g/mol. The molecule has 0 unspecified atom stereocenters. The Morgan fingerprint density at radius 2 is 1.96 bits per heavy atom. The van der Waals surface area contributed by atoms with Gasteiger partial charge in [-0.2, -0.15) is 0 Å². The second-order valence-electron chi connectivity index (χ2n) is 8.20. The molecule has 1 amide bonds. The van der Waals surface area contributed by atoms with Crippen molar-refractivity contribution in [3.8, 4) is 5.75 Å². The van der Waals surface area contributed by atoms with E-state index < -0.39 is 0 Å². The topological polar surface area (TPSA) is 32.8 Å². The van der Waals surface area contributed by atoms with Crippen LogP contribution < -0.4 is 9.64 Å². The van der Waals surface area contributed by atoms with Gasteiger partial charge < -0.3 is 9.64 Å². The predicted molar refractivity (Wildman–Crippen MR) is 106 cm³/mol. The Balaban J connectivity index is 1.48. The van der Waals surface area contributed by atoms with Crippen LogP contribution in [0.4, 0.5) is 5.69 Å². The largest absolute Gasteiger partial charge is 0.497 e. The van der Waals surface area contributed by atoms with Gasteiger partial charge in [-0.05, 0) is 50.4 Å². The van der Waals surface area contributed by atoms with Crippen LogP contribution in [0.25, 0.3) is 0 Å². The van der Waals surface area contributed by atoms with Gasteiger partial charge in [0.1, 0.15) is 11.3 Å². The Kier molecular flexibility index (Phi) is 3.80. The number of ether oxygens (including phenoxy) is 1. The minimum absolute atomic E-state index is 0.285. The second kappa shape index (κ2) is 6.10. The molecule has 3 saturated heterocycles. The fraction of sp³-hybridized carbons (Fsp3) is 0.435. The predicted octanol–water partition coefficient (Wildman–Crippen LogP) is 3.95. The lowest BCUT2D eigenvalue weighted by molar-refractivity contribution is -0.126. The normalized spacial score (nSPS) is 29.9. The van der Waals surface area contributed by atoms with Gasteiger partial charge in [0.05, 0.1) is 7.11 Å². The zero-order valence-corrected chi connectivity index (χ0v) is 16.0. The van der Waals surface area contributed by atoms with E-state index in [9.17, 15) is 4.79 Å². The maximum absolute atomic E-state index is 13.7. The summed E-state index contributed by atoms with van der Waals surface area (Å²) in [4.78, 5) is 18.2. The van der Waals surface area contributed by atoms with Gasteiger partial charge in [-0.1, -0.05) is 35.9 Å². The Morgan fingerprint density at radius 3 is 2.74 bits per heavy atom. The molecule has 3 aliphatic heterocycles. The Hall–Kier alpha value is -2.33. The van der Waals surface area contributed by atoms with Crippen molar-refractivity contribution in [1.82, 2.24) is 4.90 Å². The lowest BCUT2D eigenvalue weighted by Gasteiger charge is -2.33. The molecule has 27 heavy (non-hydrogen) atoms. The third-order valence-electron chi connectivity index (χ3n) is 6.87. The van der Waals surface area contributed by atoms with Gasteiger partial charge >= 0.3 is 0 Å². The van der Waals surface area contributed by atoms with E-state index in [0.717, 1.165) is 43.8 Å². The number of amides is 1. The van der Waals surface area contributed by atoms with Gasteiger partial charge in [0.25, 0.3) is 0 Å². The van der Waals surface area contributed by atoms with Gasteiger partial charge in [0, 0.05) is 30.3 Å². The zero-order chi connectivity index (χ0) is 18.6. The summed E-state index contributed by atoms with van der Waals surface area (Å²) in [6, 6.07) is 17.1. The van der Waals surface area contributed by atoms with Crippen molar-refractivity contribution in [2.24, 2.45) is 5.92 Å². The smallest absolute Gasteiger partial charge is 0.247 e. The molecule has 0 radical (unpaired) electrons. The number of nitrogens with zero attached hydrogens (tertiary/aromatic N) is 2. The zero-order valence-electron chi connectivity index (χ0n) is 16.0. The molecule has 1 spiro atoms. The highest BCUT2D eigenvalue weighted by Gasteiger charge is 2.65. The summed E-state index contributed by atoms with van der Waals surface area (Å²) >= 11 is 0. The molecule has 2 aromatic carbocycles. The number of anilines is 1. The molecule has 3 heterocycles. The van der Waals surface area contributed by atoms with Crippen molar-refractivity contribution in [3.05, 3.63) is 59.7 Å². The fourth-order valence-corrected chi connectivity index (χ4v) is 5.60. The molecule has 140 valence electrons. The van der Waals surface area contributed by atoms with Crippen LogP contribution in [0.2, 0.25) is 0 Å². The fourth-order valence-electron chi connectivity index (χ4n) is 5.60. The molecule has 0 saturated carbocycles. The van der Waals surface area contributed by atoms with Crippen LogP contribution in [0.15, 0.2) is 48.5 Å². The molecule has 0 bridgehead atoms. The van der Waals surface area contributed by atoms with Gasteiger partial charge in [-0.3, -0.25) is 9.69 Å². The third kappa shape index (κ3) is 2.36. The van der Waals surface area contributed by atoms with Crippen LogP contribution in [0.1, 0.15) is 36.4 Å². The first-order valence-corrected chi connectivity index (χ1v) is 9.93. The van der Waals surface area contributed by atoms with E-state index in [2.05, 4.69) is 36.1 Å². The first-order chi connectivity index (χ1) is 13.1. The number of benzene rings is 2. The first-order valence-electron chi connectivity index (χ1n) is 9.93. The highest BCUT2D eigenvalue weighted by atomic mass is 16.5. The average molecular weight is 362 g/mol. The SMILES string of the molecule is COc1cccc(N2C[C@@H]3C[C@@H](c4ccc(C)cc4)N4CCC[C@@]34C2=O)c1. The van der Waals surface area contributed by atoms with Gasteiger partial charge in [-0.15, -0.1) is 0 Å². The van der Waals surface area contributed by atoms with E-state index in [-0.39, 0.29) is 11.4 Å². The van der Waals surface area contributed by atoms with Crippen LogP contribution in [-0.2, 0) is 4.79 Å². The molecule has 3 atom stereocenters. The van der Waals surface area contributed by atoms with Crippen molar-refractivity contribution < 1.29 is 9.53 Å². The summed E-state index contributed by atoms with van der Waals surface area (Å²) in [5, 5.41) is 0. The number of hydrogen-bond acceptors (Lipinski definition) is 3. The monoisotopic (exact) mass is 362 g/mol. The quantitative estimate of drug-likeness (QED) is 0.829. The van der Waals surface area contributed by atoms with E-state index in [1.54, 1.807) is 7.11 Å². The highest BCUT2D eigenvalue weighted by Crippen LogP contribution is 2.56. The summed E-state index contributed by atoms with van der Waals surface area (Å²) in [5.41, 5.74) is 3.30. The van der Waals surface area contributed by atoms with E-state index in [4.69, 9.17) is 4.74 Å². The Labute approximate surface area is 160 Å². The van der Waals surface area contributed by atoms with Crippen LogP contribution in [-0.4, -0.2) is 36.5 Å². The number of methoxy groups -OCH3 is 1. The molecule has 4 nitrogen and oxygen atoms in total. The van der Waals surface area contributed by atoms with E-state index in [1.807, 2.05) is 29.2 Å². The molecule has 0 aromatic heterocycles. The van der Waals surface area contributed by atoms with E-state index in [1.165, 1.54) is 11.1 Å². The number of carbonyl (C=O) groups is 1. The summed E-state index contributed by atoms with van der Waals surface area (Å²) in [6.45, 7) is 3.96. The Bertz CT molecular complexity index is 878. The lowest BCUT2D eigenvalue weighted by atomic mass is 9.85. The molecule has 2 aromatic rings. The number of carbonyl (C=O) groups excluding carboxylic acids is 1. The molecule has 4 heteroatoms. The molecule has 0 aliphatic carbocycles. The maximum atomic E-state index is 13.7. The molecule has 5 rings (SSSR count). The minimum atomic E-state index is -0.307. The summed E-state index contributed by atoms with van der Waals surface area (Å²) in [7, 11) is 1.67. The lowest BCUT2D eigenvalue weighted by Crippen LogP contribution is -2.49. The van der Waals surface area contributed by atoms with Gasteiger partial charge in [0.15, 0.2) is 0 Å². The highest BCUT2D eigenvalue weighted by molar-refractivity contribution is 6.04. The van der Waals surface area contributed by atoms with Crippen molar-refractivity contribution in [2.75, 3.05) is 25.1 Å². The molecule has 3 aliphatic rings. The summed E-state index contributed by atoms with van der Waals surface area (Å²) in [6.07, 6.45) is 3.16. The summed E-state index contributed by atoms with van der Waals surface area (Å²) in [5.74, 6) is 1.48. The number of aryl methyl sites for hydroxylation is 1. The first kappa shape index (κ1) is 16.8. The number of rotatable bonds is 3. The average Bonchev–Trinajstić information content (AvgIpc) is 3.33. The van der Waals surface area contributed by atoms with Crippen molar-refractivity contribution in [2.45, 2.75) is 37.8 Å².